The van der Waals surface area contributed by atoms with E-state index in [0.717, 1.165) is 17.8 Å². The van der Waals surface area contributed by atoms with E-state index in [9.17, 15) is 4.79 Å². The van der Waals surface area contributed by atoms with E-state index in [1.807, 2.05) is 68.4 Å². The van der Waals surface area contributed by atoms with Gasteiger partial charge in [-0.3, -0.25) is 4.79 Å². The summed E-state index contributed by atoms with van der Waals surface area (Å²) < 4.78 is 6.03. The first-order chi connectivity index (χ1) is 16.6. The normalized spacial score (nSPS) is 14.5. The van der Waals surface area contributed by atoms with Crippen LogP contribution in [0.5, 0.6) is 0 Å². The van der Waals surface area contributed by atoms with Crippen LogP contribution >= 0.6 is 0 Å². The van der Waals surface area contributed by atoms with Gasteiger partial charge in [0.1, 0.15) is 11.4 Å². The predicted molar refractivity (Wildman–Crippen MR) is 135 cm³/mol. The van der Waals surface area contributed by atoms with E-state index >= 15 is 0 Å². The van der Waals surface area contributed by atoms with E-state index in [1.165, 1.54) is 5.56 Å². The van der Waals surface area contributed by atoms with E-state index in [-0.39, 0.29) is 11.9 Å². The lowest BCUT2D eigenvalue weighted by Gasteiger charge is -2.22. The Kier molecular flexibility index (Phi) is 7.72. The number of nitrogens with zero attached hydrogens (tertiary/aromatic N) is 4. The van der Waals surface area contributed by atoms with Crippen LogP contribution in [-0.4, -0.2) is 56.2 Å². The van der Waals surface area contributed by atoms with Gasteiger partial charge in [0, 0.05) is 38.6 Å². The molecule has 8 heteroatoms. The number of hydrogen-bond acceptors (Lipinski definition) is 7. The molecule has 4 rings (SSSR count). The lowest BCUT2D eigenvalue weighted by molar-refractivity contribution is 0.0986. The zero-order valence-corrected chi connectivity index (χ0v) is 20.0. The number of benzene rings is 2. The molecule has 8 nitrogen and oxygen atoms in total. The molecule has 3 aromatic rings. The molecule has 1 aromatic heterocycles. The zero-order valence-electron chi connectivity index (χ0n) is 20.0. The number of anilines is 3. The van der Waals surface area contributed by atoms with Crippen LogP contribution in [0.15, 0.2) is 60.8 Å². The smallest absolute Gasteiger partial charge is 0.263 e. The summed E-state index contributed by atoms with van der Waals surface area (Å²) in [7, 11) is 3.89. The quantitative estimate of drug-likeness (QED) is 0.506. The van der Waals surface area contributed by atoms with Crippen molar-refractivity contribution in [1.29, 1.82) is 0 Å². The van der Waals surface area contributed by atoms with Gasteiger partial charge in [0.15, 0.2) is 0 Å². The molecule has 2 heterocycles. The molecule has 0 saturated heterocycles. The van der Waals surface area contributed by atoms with Crippen LogP contribution in [0.3, 0.4) is 0 Å². The molecule has 0 spiro atoms. The second kappa shape index (κ2) is 11.1. The van der Waals surface area contributed by atoms with Gasteiger partial charge in [0.2, 0.25) is 5.95 Å². The second-order valence-electron chi connectivity index (χ2n) is 8.28. The van der Waals surface area contributed by atoms with E-state index in [1.54, 1.807) is 11.1 Å². The van der Waals surface area contributed by atoms with Gasteiger partial charge in [0.05, 0.1) is 19.3 Å². The van der Waals surface area contributed by atoms with Crippen molar-refractivity contribution in [3.63, 3.8) is 0 Å². The topological polar surface area (TPSA) is 82.6 Å². The highest BCUT2D eigenvalue weighted by Gasteiger charge is 2.28. The molecule has 34 heavy (non-hydrogen) atoms. The number of hydrogen-bond donors (Lipinski definition) is 2. The Morgan fingerprint density at radius 2 is 1.94 bits per heavy atom. The lowest BCUT2D eigenvalue weighted by atomic mass is 10.1. The Hall–Kier alpha value is -3.49. The summed E-state index contributed by atoms with van der Waals surface area (Å²) in [5, 5.41) is 6.42. The Balaban J connectivity index is 1.47. The van der Waals surface area contributed by atoms with Crippen molar-refractivity contribution in [2.45, 2.75) is 19.6 Å². The fraction of sp³-hybridized carbons (Fsp3) is 0.346. The fourth-order valence-electron chi connectivity index (χ4n) is 4.05. The van der Waals surface area contributed by atoms with Crippen molar-refractivity contribution in [2.24, 2.45) is 0 Å². The van der Waals surface area contributed by atoms with Gasteiger partial charge in [-0.2, -0.15) is 4.98 Å². The predicted octanol–water partition coefficient (Wildman–Crippen LogP) is 3.48. The average molecular weight is 461 g/mol. The Bertz CT molecular complexity index is 1110. The van der Waals surface area contributed by atoms with Crippen molar-refractivity contribution >= 4 is 23.4 Å². The lowest BCUT2D eigenvalue weighted by Crippen LogP contribution is -2.33. The summed E-state index contributed by atoms with van der Waals surface area (Å²) in [5.41, 5.74) is 3.56. The summed E-state index contributed by atoms with van der Waals surface area (Å²) in [6, 6.07) is 18.3. The molecule has 0 radical (unpaired) electrons. The summed E-state index contributed by atoms with van der Waals surface area (Å²) >= 11 is 0. The number of amides is 1. The third-order valence-corrected chi connectivity index (χ3v) is 5.93. The Morgan fingerprint density at radius 3 is 2.71 bits per heavy atom. The molecular formula is C26H32N6O2. The molecule has 2 aromatic carbocycles. The molecule has 1 atom stereocenters. The van der Waals surface area contributed by atoms with E-state index in [4.69, 9.17) is 4.74 Å². The summed E-state index contributed by atoms with van der Waals surface area (Å²) in [6.07, 6.45) is 1.62. The highest BCUT2D eigenvalue weighted by atomic mass is 16.5. The minimum atomic E-state index is -0.0974. The Morgan fingerprint density at radius 1 is 1.12 bits per heavy atom. The zero-order chi connectivity index (χ0) is 23.9. The van der Waals surface area contributed by atoms with Gasteiger partial charge in [-0.25, -0.2) is 4.98 Å². The van der Waals surface area contributed by atoms with Crippen LogP contribution < -0.4 is 20.4 Å². The number of carbonyl (C=O) groups excluding carboxylic acids is 1. The van der Waals surface area contributed by atoms with E-state index in [2.05, 4.69) is 32.7 Å². The number of rotatable bonds is 9. The third-order valence-electron chi connectivity index (χ3n) is 5.93. The van der Waals surface area contributed by atoms with Crippen molar-refractivity contribution in [3.05, 3.63) is 77.5 Å². The monoisotopic (exact) mass is 460 g/mol. The summed E-state index contributed by atoms with van der Waals surface area (Å²) in [4.78, 5) is 26.1. The third kappa shape index (κ3) is 5.35. The number of ether oxygens (including phenoxy) is 1. The number of nitrogens with one attached hydrogen (secondary N) is 2. The van der Waals surface area contributed by atoms with Gasteiger partial charge in [-0.1, -0.05) is 42.5 Å². The number of carbonyl (C=O) groups is 1. The number of likely N-dealkylation sites (N-methyl/N-ethyl adjacent to an activating group) is 2. The highest BCUT2D eigenvalue weighted by molar-refractivity contribution is 6.09. The second-order valence-corrected chi connectivity index (χ2v) is 8.28. The maximum absolute atomic E-state index is 13.4. The molecular weight excluding hydrogens is 428 g/mol. The van der Waals surface area contributed by atoms with Gasteiger partial charge in [-0.05, 0) is 37.2 Å². The van der Waals surface area contributed by atoms with Crippen molar-refractivity contribution in [1.82, 2.24) is 15.3 Å². The van der Waals surface area contributed by atoms with Crippen molar-refractivity contribution < 1.29 is 9.53 Å². The molecule has 1 aliphatic heterocycles. The minimum absolute atomic E-state index is 0.0974. The molecule has 0 bridgehead atoms. The van der Waals surface area contributed by atoms with Gasteiger partial charge in [-0.15, -0.1) is 0 Å². The molecule has 178 valence electrons. The number of fused-ring (bicyclic) bond motifs is 1. The average Bonchev–Trinajstić information content (AvgIpc) is 2.99. The van der Waals surface area contributed by atoms with Crippen LogP contribution in [0.4, 0.5) is 17.5 Å². The van der Waals surface area contributed by atoms with E-state index < -0.39 is 0 Å². The minimum Gasteiger partial charge on any atom is -0.375 e. The molecule has 1 unspecified atom stereocenters. The molecule has 0 saturated carbocycles. The standard InChI is InChI=1S/C26H32N6O2/c1-4-28-26-29-16-22-24(30-26)31(3)13-14-32(25(22)33)21-12-8-9-19(15-21)17-34-18-23(27-2)20-10-6-5-7-11-20/h5-12,15-16,23,27H,4,13-14,17-18H2,1-3H3,(H,28,29,30). The molecule has 1 amide bonds. The van der Waals surface area contributed by atoms with Crippen LogP contribution in [0, 0.1) is 0 Å². The van der Waals surface area contributed by atoms with Crippen LogP contribution in [0.25, 0.3) is 0 Å². The van der Waals surface area contributed by atoms with Crippen LogP contribution in [0.2, 0.25) is 0 Å². The molecule has 0 aliphatic carbocycles. The summed E-state index contributed by atoms with van der Waals surface area (Å²) in [6.45, 7) is 4.95. The van der Waals surface area contributed by atoms with E-state index in [0.29, 0.717) is 43.6 Å². The van der Waals surface area contributed by atoms with Gasteiger partial charge in [0.25, 0.3) is 5.91 Å². The SMILES string of the molecule is CCNc1ncc2c(n1)N(C)CCN(c1cccc(COCC(NC)c3ccccc3)c1)C2=O. The molecule has 0 fully saturated rings. The first-order valence-electron chi connectivity index (χ1n) is 11.6. The molecule has 2 N–H and O–H groups in total. The van der Waals surface area contributed by atoms with Crippen LogP contribution in [-0.2, 0) is 11.3 Å². The maximum Gasteiger partial charge on any atom is 0.263 e. The molecule has 1 aliphatic rings. The van der Waals surface area contributed by atoms with Crippen molar-refractivity contribution in [2.75, 3.05) is 55.5 Å². The summed E-state index contributed by atoms with van der Waals surface area (Å²) in [5.74, 6) is 1.08. The first kappa shape index (κ1) is 23.7. The Labute approximate surface area is 201 Å². The maximum atomic E-state index is 13.4. The first-order valence-corrected chi connectivity index (χ1v) is 11.6. The largest absolute Gasteiger partial charge is 0.375 e. The van der Waals surface area contributed by atoms with Crippen molar-refractivity contribution in [3.8, 4) is 0 Å². The number of aromatic nitrogens is 2. The van der Waals surface area contributed by atoms with Gasteiger partial charge < -0.3 is 25.2 Å². The van der Waals surface area contributed by atoms with Crippen LogP contribution in [0.1, 0.15) is 34.5 Å². The highest BCUT2D eigenvalue weighted by Crippen LogP contribution is 2.27. The fourth-order valence-corrected chi connectivity index (χ4v) is 4.05. The van der Waals surface area contributed by atoms with Gasteiger partial charge >= 0.3 is 0 Å².